The molecule has 0 fully saturated rings. The van der Waals surface area contributed by atoms with E-state index < -0.39 is 11.4 Å². The molecule has 0 saturated heterocycles. The van der Waals surface area contributed by atoms with Crippen molar-refractivity contribution in [3.63, 3.8) is 0 Å². The minimum Gasteiger partial charge on any atom is -0.340 e. The molecule has 2 N–H and O–H groups in total. The molecule has 0 spiro atoms. The molecule has 100 valence electrons. The molecule has 0 heterocycles. The first-order chi connectivity index (χ1) is 8.11. The third kappa shape index (κ3) is 3.68. The zero-order valence-corrected chi connectivity index (χ0v) is 11.8. The first-order valence-corrected chi connectivity index (χ1v) is 5.99. The highest BCUT2D eigenvalue weighted by molar-refractivity contribution is 6.33. The predicted octanol–water partition coefficient (Wildman–Crippen LogP) is 2.60. The van der Waals surface area contributed by atoms with Crippen molar-refractivity contribution >= 4 is 17.5 Å². The van der Waals surface area contributed by atoms with Gasteiger partial charge in [-0.3, -0.25) is 4.79 Å². The van der Waals surface area contributed by atoms with Gasteiger partial charge in [0.25, 0.3) is 5.91 Å². The average Bonchev–Trinajstić information content (AvgIpc) is 2.20. The SMILES string of the molecule is Cc1cc(Cl)c(C(=O)N(C)CC(C)(C)N)cc1F. The average molecular weight is 273 g/mol. The lowest BCUT2D eigenvalue weighted by atomic mass is 10.1. The molecule has 1 aromatic rings. The summed E-state index contributed by atoms with van der Waals surface area (Å²) in [6.45, 7) is 5.59. The van der Waals surface area contributed by atoms with Crippen molar-refractivity contribution in [3.05, 3.63) is 34.1 Å². The molecular weight excluding hydrogens is 255 g/mol. The molecule has 5 heteroatoms. The van der Waals surface area contributed by atoms with Crippen molar-refractivity contribution in [1.29, 1.82) is 0 Å². The fourth-order valence-corrected chi connectivity index (χ4v) is 2.00. The van der Waals surface area contributed by atoms with Crippen molar-refractivity contribution in [2.24, 2.45) is 5.73 Å². The predicted molar refractivity (Wildman–Crippen MR) is 71.4 cm³/mol. The Kier molecular flexibility index (Phi) is 4.35. The summed E-state index contributed by atoms with van der Waals surface area (Å²) < 4.78 is 13.5. The highest BCUT2D eigenvalue weighted by atomic mass is 35.5. The third-order valence-electron chi connectivity index (χ3n) is 2.47. The smallest absolute Gasteiger partial charge is 0.255 e. The summed E-state index contributed by atoms with van der Waals surface area (Å²) in [4.78, 5) is 13.6. The van der Waals surface area contributed by atoms with Crippen LogP contribution in [0.25, 0.3) is 0 Å². The summed E-state index contributed by atoms with van der Waals surface area (Å²) in [5.74, 6) is -0.777. The van der Waals surface area contributed by atoms with E-state index >= 15 is 0 Å². The molecule has 0 aliphatic carbocycles. The second kappa shape index (κ2) is 5.24. The van der Waals surface area contributed by atoms with Gasteiger partial charge >= 0.3 is 0 Å². The highest BCUT2D eigenvalue weighted by Gasteiger charge is 2.21. The minimum atomic E-state index is -0.514. The highest BCUT2D eigenvalue weighted by Crippen LogP contribution is 2.22. The van der Waals surface area contributed by atoms with E-state index in [1.807, 2.05) is 13.8 Å². The maximum Gasteiger partial charge on any atom is 0.255 e. The third-order valence-corrected chi connectivity index (χ3v) is 2.78. The lowest BCUT2D eigenvalue weighted by Crippen LogP contribution is -2.46. The minimum absolute atomic E-state index is 0.159. The maximum atomic E-state index is 13.5. The van der Waals surface area contributed by atoms with Gasteiger partial charge in [0, 0.05) is 19.1 Å². The number of carbonyl (C=O) groups is 1. The molecule has 0 aliphatic heterocycles. The number of carbonyl (C=O) groups excluding carboxylic acids is 1. The van der Waals surface area contributed by atoms with E-state index in [1.165, 1.54) is 17.0 Å². The van der Waals surface area contributed by atoms with Gasteiger partial charge in [-0.05, 0) is 38.5 Å². The topological polar surface area (TPSA) is 46.3 Å². The van der Waals surface area contributed by atoms with E-state index in [-0.39, 0.29) is 16.5 Å². The normalized spacial score (nSPS) is 11.5. The standard InChI is InChI=1S/C13H18ClFN2O/c1-8-5-10(14)9(6-11(8)15)12(18)17(4)7-13(2,3)16/h5-6H,7,16H2,1-4H3. The van der Waals surface area contributed by atoms with Crippen molar-refractivity contribution in [3.8, 4) is 0 Å². The van der Waals surface area contributed by atoms with Gasteiger partial charge in [-0.15, -0.1) is 0 Å². The van der Waals surface area contributed by atoms with Crippen molar-refractivity contribution < 1.29 is 9.18 Å². The molecule has 0 bridgehead atoms. The molecule has 1 amide bonds. The second-order valence-electron chi connectivity index (χ2n) is 5.23. The molecule has 1 rings (SSSR count). The molecule has 0 unspecified atom stereocenters. The van der Waals surface area contributed by atoms with Crippen LogP contribution in [0.4, 0.5) is 4.39 Å². The van der Waals surface area contributed by atoms with E-state index in [4.69, 9.17) is 17.3 Å². The van der Waals surface area contributed by atoms with Gasteiger partial charge in [-0.25, -0.2) is 4.39 Å². The van der Waals surface area contributed by atoms with Crippen LogP contribution in [-0.4, -0.2) is 29.9 Å². The Morgan fingerprint density at radius 1 is 1.50 bits per heavy atom. The molecule has 1 aromatic carbocycles. The van der Waals surface area contributed by atoms with Crippen LogP contribution < -0.4 is 5.73 Å². The number of amides is 1. The summed E-state index contributed by atoms with van der Waals surface area (Å²) >= 11 is 5.97. The van der Waals surface area contributed by atoms with Gasteiger partial charge in [0.05, 0.1) is 10.6 Å². The number of benzene rings is 1. The molecular formula is C13H18ClFN2O. The quantitative estimate of drug-likeness (QED) is 0.919. The fourth-order valence-electron chi connectivity index (χ4n) is 1.70. The number of nitrogens with two attached hydrogens (primary N) is 1. The summed E-state index contributed by atoms with van der Waals surface area (Å²) in [5.41, 5.74) is 5.90. The number of aryl methyl sites for hydroxylation is 1. The Morgan fingerprint density at radius 3 is 2.56 bits per heavy atom. The summed E-state index contributed by atoms with van der Waals surface area (Å²) in [7, 11) is 1.62. The lowest BCUT2D eigenvalue weighted by molar-refractivity contribution is 0.0769. The Bertz CT molecular complexity index is 469. The van der Waals surface area contributed by atoms with Crippen LogP contribution in [0, 0.1) is 12.7 Å². The number of halogens is 2. The molecule has 0 atom stereocenters. The van der Waals surface area contributed by atoms with Crippen LogP contribution in [0.2, 0.25) is 5.02 Å². The first kappa shape index (κ1) is 14.9. The first-order valence-electron chi connectivity index (χ1n) is 5.62. The largest absolute Gasteiger partial charge is 0.340 e. The Morgan fingerprint density at radius 2 is 2.06 bits per heavy atom. The zero-order valence-electron chi connectivity index (χ0n) is 11.1. The van der Waals surface area contributed by atoms with Gasteiger partial charge in [0.2, 0.25) is 0 Å². The molecule has 0 radical (unpaired) electrons. The molecule has 0 aliphatic rings. The summed E-state index contributed by atoms with van der Waals surface area (Å²) in [6, 6.07) is 2.62. The Labute approximate surface area is 112 Å². The van der Waals surface area contributed by atoms with E-state index in [0.717, 1.165) is 0 Å². The van der Waals surface area contributed by atoms with Gasteiger partial charge in [-0.1, -0.05) is 11.6 Å². The van der Waals surface area contributed by atoms with Gasteiger partial charge in [0.15, 0.2) is 0 Å². The van der Waals surface area contributed by atoms with Crippen LogP contribution in [0.1, 0.15) is 29.8 Å². The Balaban J connectivity index is 3.01. The van der Waals surface area contributed by atoms with Crippen LogP contribution in [0.5, 0.6) is 0 Å². The van der Waals surface area contributed by atoms with Gasteiger partial charge < -0.3 is 10.6 Å². The second-order valence-corrected chi connectivity index (χ2v) is 5.64. The van der Waals surface area contributed by atoms with Crippen LogP contribution in [-0.2, 0) is 0 Å². The number of hydrogen-bond donors (Lipinski definition) is 1. The Hall–Kier alpha value is -1.13. The van der Waals surface area contributed by atoms with Gasteiger partial charge in [-0.2, -0.15) is 0 Å². The summed E-state index contributed by atoms with van der Waals surface area (Å²) in [5, 5.41) is 0.251. The van der Waals surface area contributed by atoms with Crippen molar-refractivity contribution in [2.45, 2.75) is 26.3 Å². The summed E-state index contributed by atoms with van der Waals surface area (Å²) in [6.07, 6.45) is 0. The monoisotopic (exact) mass is 272 g/mol. The maximum absolute atomic E-state index is 13.5. The van der Waals surface area contributed by atoms with E-state index in [9.17, 15) is 9.18 Å². The van der Waals surface area contributed by atoms with Gasteiger partial charge in [0.1, 0.15) is 5.82 Å². The molecule has 0 saturated carbocycles. The van der Waals surface area contributed by atoms with Crippen molar-refractivity contribution in [2.75, 3.05) is 13.6 Å². The molecule has 18 heavy (non-hydrogen) atoms. The fraction of sp³-hybridized carbons (Fsp3) is 0.462. The van der Waals surface area contributed by atoms with E-state index in [0.29, 0.717) is 12.1 Å². The van der Waals surface area contributed by atoms with Crippen molar-refractivity contribution in [1.82, 2.24) is 4.90 Å². The molecule has 3 nitrogen and oxygen atoms in total. The van der Waals surface area contributed by atoms with E-state index in [2.05, 4.69) is 0 Å². The van der Waals surface area contributed by atoms with Crippen LogP contribution >= 0.6 is 11.6 Å². The number of nitrogens with zero attached hydrogens (tertiary/aromatic N) is 1. The van der Waals surface area contributed by atoms with Crippen LogP contribution in [0.15, 0.2) is 12.1 Å². The number of hydrogen-bond acceptors (Lipinski definition) is 2. The number of likely N-dealkylation sites (N-methyl/N-ethyl adjacent to an activating group) is 1. The molecule has 0 aromatic heterocycles. The van der Waals surface area contributed by atoms with E-state index in [1.54, 1.807) is 14.0 Å². The van der Waals surface area contributed by atoms with Crippen LogP contribution in [0.3, 0.4) is 0 Å². The lowest BCUT2D eigenvalue weighted by Gasteiger charge is -2.27. The number of rotatable bonds is 3. The zero-order chi connectivity index (χ0) is 14.1.